The first-order valence-electron chi connectivity index (χ1n) is 14.8. The molecule has 8 aromatic carbocycles. The molecule has 0 aliphatic carbocycles. The molecule has 0 aromatic heterocycles. The van der Waals surface area contributed by atoms with Gasteiger partial charge in [0.1, 0.15) is 0 Å². The molecule has 0 atom stereocenters. The molecule has 0 aliphatic rings. The SMILES string of the molecule is c1ccc(-c2cccc(N(c3ccc4ccccc4c3)c3cccc4ccc(-c5cccc6ccccc56)cc34)c2)cc1. The van der Waals surface area contributed by atoms with Gasteiger partial charge in [0.2, 0.25) is 0 Å². The zero-order valence-electron chi connectivity index (χ0n) is 23.7. The Morgan fingerprint density at radius 2 is 0.930 bits per heavy atom. The van der Waals surface area contributed by atoms with Crippen molar-refractivity contribution in [2.75, 3.05) is 4.90 Å². The van der Waals surface area contributed by atoms with Crippen LogP contribution in [-0.2, 0) is 0 Å². The Morgan fingerprint density at radius 1 is 0.302 bits per heavy atom. The van der Waals surface area contributed by atoms with E-state index in [4.69, 9.17) is 0 Å². The van der Waals surface area contributed by atoms with Crippen molar-refractivity contribution in [1.29, 1.82) is 0 Å². The highest BCUT2D eigenvalue weighted by molar-refractivity contribution is 6.04. The smallest absolute Gasteiger partial charge is 0.0540 e. The van der Waals surface area contributed by atoms with Crippen LogP contribution in [0.15, 0.2) is 176 Å². The van der Waals surface area contributed by atoms with E-state index in [0.717, 1.165) is 17.1 Å². The highest BCUT2D eigenvalue weighted by atomic mass is 15.1. The van der Waals surface area contributed by atoms with Crippen molar-refractivity contribution in [3.05, 3.63) is 176 Å². The molecule has 0 saturated carbocycles. The largest absolute Gasteiger partial charge is 0.310 e. The molecule has 8 rings (SSSR count). The first kappa shape index (κ1) is 25.1. The summed E-state index contributed by atoms with van der Waals surface area (Å²) in [5, 5.41) is 7.41. The van der Waals surface area contributed by atoms with Gasteiger partial charge in [-0.25, -0.2) is 0 Å². The molecule has 0 radical (unpaired) electrons. The van der Waals surface area contributed by atoms with Gasteiger partial charge in [-0.3, -0.25) is 0 Å². The van der Waals surface area contributed by atoms with Gasteiger partial charge in [0.15, 0.2) is 0 Å². The third kappa shape index (κ3) is 4.62. The van der Waals surface area contributed by atoms with Gasteiger partial charge in [0.25, 0.3) is 0 Å². The normalized spacial score (nSPS) is 11.3. The zero-order chi connectivity index (χ0) is 28.6. The van der Waals surface area contributed by atoms with Crippen LogP contribution in [0.25, 0.3) is 54.6 Å². The van der Waals surface area contributed by atoms with Crippen molar-refractivity contribution < 1.29 is 0 Å². The van der Waals surface area contributed by atoms with Gasteiger partial charge < -0.3 is 4.90 Å². The molecule has 0 spiro atoms. The third-order valence-corrected chi connectivity index (χ3v) is 8.40. The number of fused-ring (bicyclic) bond motifs is 3. The Bertz CT molecular complexity index is 2240. The predicted molar refractivity (Wildman–Crippen MR) is 185 cm³/mol. The topological polar surface area (TPSA) is 3.24 Å². The molecule has 0 saturated heterocycles. The van der Waals surface area contributed by atoms with Crippen molar-refractivity contribution in [2.45, 2.75) is 0 Å². The second-order valence-corrected chi connectivity index (χ2v) is 11.0. The number of anilines is 3. The highest BCUT2D eigenvalue weighted by Gasteiger charge is 2.17. The van der Waals surface area contributed by atoms with Gasteiger partial charge in [-0.15, -0.1) is 0 Å². The van der Waals surface area contributed by atoms with Crippen molar-refractivity contribution in [2.24, 2.45) is 0 Å². The third-order valence-electron chi connectivity index (χ3n) is 8.40. The minimum Gasteiger partial charge on any atom is -0.310 e. The van der Waals surface area contributed by atoms with Gasteiger partial charge in [0, 0.05) is 16.8 Å². The number of benzene rings is 8. The average molecular weight is 548 g/mol. The molecule has 1 heteroatoms. The number of rotatable bonds is 5. The second-order valence-electron chi connectivity index (χ2n) is 11.0. The van der Waals surface area contributed by atoms with E-state index in [-0.39, 0.29) is 0 Å². The van der Waals surface area contributed by atoms with Gasteiger partial charge in [-0.2, -0.15) is 0 Å². The maximum absolute atomic E-state index is 2.41. The molecule has 1 nitrogen and oxygen atoms in total. The predicted octanol–water partition coefficient (Wildman–Crippen LogP) is 11.9. The standard InChI is InChI=1S/C42H29N/c1-2-11-30(12-3-1)35-18-8-19-37(27-35)43(38-26-25-31-13-4-5-15-34(31)28-38)42-22-10-17-33-23-24-36(29-41(33)42)40-21-9-16-32-14-6-7-20-39(32)40/h1-29H. The van der Waals surface area contributed by atoms with Gasteiger partial charge in [-0.1, -0.05) is 140 Å². The quantitative estimate of drug-likeness (QED) is 0.207. The molecule has 0 heterocycles. The maximum Gasteiger partial charge on any atom is 0.0540 e. The molecular weight excluding hydrogens is 518 g/mol. The van der Waals surface area contributed by atoms with E-state index in [9.17, 15) is 0 Å². The van der Waals surface area contributed by atoms with E-state index in [1.165, 1.54) is 54.6 Å². The van der Waals surface area contributed by atoms with Crippen LogP contribution >= 0.6 is 0 Å². The van der Waals surface area contributed by atoms with Gasteiger partial charge >= 0.3 is 0 Å². The van der Waals surface area contributed by atoms with Crippen molar-refractivity contribution in [1.82, 2.24) is 0 Å². The molecule has 0 bridgehead atoms. The van der Waals surface area contributed by atoms with E-state index in [1.807, 2.05) is 0 Å². The van der Waals surface area contributed by atoms with E-state index >= 15 is 0 Å². The Hall–Kier alpha value is -5.66. The summed E-state index contributed by atoms with van der Waals surface area (Å²) in [7, 11) is 0. The zero-order valence-corrected chi connectivity index (χ0v) is 23.7. The molecule has 0 fully saturated rings. The fourth-order valence-corrected chi connectivity index (χ4v) is 6.29. The summed E-state index contributed by atoms with van der Waals surface area (Å²) in [5.41, 5.74) is 8.28. The lowest BCUT2D eigenvalue weighted by Gasteiger charge is -2.28. The fraction of sp³-hybridized carbons (Fsp3) is 0. The molecule has 0 aliphatic heterocycles. The summed E-state index contributed by atoms with van der Waals surface area (Å²) >= 11 is 0. The Morgan fingerprint density at radius 3 is 1.81 bits per heavy atom. The number of nitrogens with zero attached hydrogens (tertiary/aromatic N) is 1. The highest BCUT2D eigenvalue weighted by Crippen LogP contribution is 2.42. The summed E-state index contributed by atoms with van der Waals surface area (Å²) in [4.78, 5) is 2.41. The van der Waals surface area contributed by atoms with Crippen LogP contribution in [0.5, 0.6) is 0 Å². The first-order chi connectivity index (χ1) is 21.3. The van der Waals surface area contributed by atoms with Crippen LogP contribution in [0.3, 0.4) is 0 Å². The Labute approximate surface area is 251 Å². The molecule has 202 valence electrons. The monoisotopic (exact) mass is 547 g/mol. The van der Waals surface area contributed by atoms with Crippen LogP contribution in [-0.4, -0.2) is 0 Å². The second kappa shape index (κ2) is 10.6. The molecule has 0 N–H and O–H groups in total. The van der Waals surface area contributed by atoms with Gasteiger partial charge in [-0.05, 0) is 85.6 Å². The lowest BCUT2D eigenvalue weighted by atomic mass is 9.95. The van der Waals surface area contributed by atoms with E-state index in [1.54, 1.807) is 0 Å². The summed E-state index contributed by atoms with van der Waals surface area (Å²) in [6.07, 6.45) is 0. The number of hydrogen-bond acceptors (Lipinski definition) is 1. The van der Waals surface area contributed by atoms with E-state index in [0.29, 0.717) is 0 Å². The van der Waals surface area contributed by atoms with Crippen LogP contribution in [0.2, 0.25) is 0 Å². The molecular formula is C42H29N. The van der Waals surface area contributed by atoms with Crippen LogP contribution in [0.1, 0.15) is 0 Å². The van der Waals surface area contributed by atoms with E-state index in [2.05, 4.69) is 181 Å². The molecule has 8 aromatic rings. The fourth-order valence-electron chi connectivity index (χ4n) is 6.29. The minimum atomic E-state index is 1.12. The summed E-state index contributed by atoms with van der Waals surface area (Å²) < 4.78 is 0. The van der Waals surface area contributed by atoms with Crippen molar-refractivity contribution in [3.63, 3.8) is 0 Å². The lowest BCUT2D eigenvalue weighted by molar-refractivity contribution is 1.30. The van der Waals surface area contributed by atoms with Crippen molar-refractivity contribution >= 4 is 49.4 Å². The Kier molecular flexibility index (Phi) is 6.20. The lowest BCUT2D eigenvalue weighted by Crippen LogP contribution is -2.10. The van der Waals surface area contributed by atoms with Crippen LogP contribution in [0, 0.1) is 0 Å². The summed E-state index contributed by atoms with van der Waals surface area (Å²) in [5.74, 6) is 0. The molecule has 0 unspecified atom stereocenters. The summed E-state index contributed by atoms with van der Waals surface area (Å²) in [6, 6.07) is 63.6. The maximum atomic E-state index is 2.41. The minimum absolute atomic E-state index is 1.12. The van der Waals surface area contributed by atoms with E-state index < -0.39 is 0 Å². The Balaban J connectivity index is 1.37. The van der Waals surface area contributed by atoms with Crippen molar-refractivity contribution in [3.8, 4) is 22.3 Å². The van der Waals surface area contributed by atoms with Crippen LogP contribution < -0.4 is 4.90 Å². The molecule has 0 amide bonds. The van der Waals surface area contributed by atoms with Crippen LogP contribution in [0.4, 0.5) is 17.1 Å². The first-order valence-corrected chi connectivity index (χ1v) is 14.8. The molecule has 43 heavy (non-hydrogen) atoms. The van der Waals surface area contributed by atoms with Gasteiger partial charge in [0.05, 0.1) is 5.69 Å². The summed E-state index contributed by atoms with van der Waals surface area (Å²) in [6.45, 7) is 0. The average Bonchev–Trinajstić information content (AvgIpc) is 3.08. The number of hydrogen-bond donors (Lipinski definition) is 0.